The molecule has 2 N–H and O–H groups in total. The molecule has 0 radical (unpaired) electrons. The number of imidazole rings is 1. The van der Waals surface area contributed by atoms with Crippen molar-refractivity contribution in [3.8, 4) is 5.75 Å². The minimum atomic E-state index is -0.0601. The van der Waals surface area contributed by atoms with Crippen LogP contribution in [0.3, 0.4) is 0 Å². The molecule has 1 heterocycles. The number of nitrogens with two attached hydrogens (primary N) is 1. The third-order valence-corrected chi connectivity index (χ3v) is 3.02. The molecule has 1 aromatic heterocycles. The lowest BCUT2D eigenvalue weighted by molar-refractivity contribution is 0.413. The van der Waals surface area contributed by atoms with Crippen molar-refractivity contribution in [3.63, 3.8) is 0 Å². The largest absolute Gasteiger partial charge is 0.497 e. The van der Waals surface area contributed by atoms with Gasteiger partial charge in [0, 0.05) is 12.4 Å². The van der Waals surface area contributed by atoms with E-state index >= 15 is 0 Å². The highest BCUT2D eigenvalue weighted by atomic mass is 16.5. The zero-order chi connectivity index (χ0) is 12.3. The van der Waals surface area contributed by atoms with Gasteiger partial charge in [0.2, 0.25) is 0 Å². The van der Waals surface area contributed by atoms with Crippen LogP contribution in [-0.2, 0) is 0 Å². The molecule has 0 aliphatic rings. The highest BCUT2D eigenvalue weighted by Gasteiger charge is 2.15. The first-order valence-electron chi connectivity index (χ1n) is 5.59. The summed E-state index contributed by atoms with van der Waals surface area (Å²) in [5.74, 6) is 0.844. The Morgan fingerprint density at radius 1 is 1.29 bits per heavy atom. The van der Waals surface area contributed by atoms with E-state index in [4.69, 9.17) is 10.5 Å². The molecule has 4 heteroatoms. The number of methoxy groups -OCH3 is 1. The van der Waals surface area contributed by atoms with Gasteiger partial charge in [-0.2, -0.15) is 0 Å². The molecule has 2 rings (SSSR count). The van der Waals surface area contributed by atoms with E-state index in [0.29, 0.717) is 0 Å². The molecule has 0 spiro atoms. The number of benzene rings is 1. The van der Waals surface area contributed by atoms with Crippen molar-refractivity contribution in [2.24, 2.45) is 5.73 Å². The Labute approximate surface area is 101 Å². The van der Waals surface area contributed by atoms with Crippen molar-refractivity contribution in [3.05, 3.63) is 48.5 Å². The van der Waals surface area contributed by atoms with Gasteiger partial charge < -0.3 is 15.0 Å². The van der Waals surface area contributed by atoms with Gasteiger partial charge in [0.05, 0.1) is 25.5 Å². The van der Waals surface area contributed by atoms with Crippen molar-refractivity contribution in [1.82, 2.24) is 9.55 Å². The van der Waals surface area contributed by atoms with Crippen LogP contribution in [-0.4, -0.2) is 16.7 Å². The summed E-state index contributed by atoms with van der Waals surface area (Å²) in [6.07, 6.45) is 5.47. The molecule has 0 amide bonds. The predicted molar refractivity (Wildman–Crippen MR) is 66.9 cm³/mol. The Kier molecular flexibility index (Phi) is 3.44. The second-order valence-electron chi connectivity index (χ2n) is 4.05. The zero-order valence-corrected chi connectivity index (χ0v) is 10.1. The summed E-state index contributed by atoms with van der Waals surface area (Å²) in [5.41, 5.74) is 7.32. The molecule has 4 nitrogen and oxygen atoms in total. The summed E-state index contributed by atoms with van der Waals surface area (Å²) in [6.45, 7) is 2.08. The summed E-state index contributed by atoms with van der Waals surface area (Å²) in [7, 11) is 1.66. The Balaban J connectivity index is 2.16. The average molecular weight is 231 g/mol. The SMILES string of the molecule is COc1ccc(C(N)C(C)n2ccnc2)cc1. The van der Waals surface area contributed by atoms with E-state index in [2.05, 4.69) is 11.9 Å². The van der Waals surface area contributed by atoms with Gasteiger partial charge >= 0.3 is 0 Å². The van der Waals surface area contributed by atoms with Crippen LogP contribution >= 0.6 is 0 Å². The van der Waals surface area contributed by atoms with Gasteiger partial charge in [-0.3, -0.25) is 0 Å². The number of hydrogen-bond donors (Lipinski definition) is 1. The summed E-state index contributed by atoms with van der Waals surface area (Å²) >= 11 is 0. The Morgan fingerprint density at radius 3 is 2.53 bits per heavy atom. The normalized spacial score (nSPS) is 14.3. The third-order valence-electron chi connectivity index (χ3n) is 3.02. The molecule has 1 aromatic carbocycles. The lowest BCUT2D eigenvalue weighted by atomic mass is 10.0. The van der Waals surface area contributed by atoms with Crippen molar-refractivity contribution in [1.29, 1.82) is 0 Å². The number of nitrogens with zero attached hydrogens (tertiary/aromatic N) is 2. The summed E-state index contributed by atoms with van der Waals surface area (Å²) in [4.78, 5) is 4.03. The molecular formula is C13H17N3O. The van der Waals surface area contributed by atoms with Crippen molar-refractivity contribution >= 4 is 0 Å². The number of aromatic nitrogens is 2. The van der Waals surface area contributed by atoms with Gasteiger partial charge in [0.25, 0.3) is 0 Å². The quantitative estimate of drug-likeness (QED) is 0.877. The van der Waals surface area contributed by atoms with Crippen molar-refractivity contribution in [2.45, 2.75) is 19.0 Å². The molecule has 0 aliphatic carbocycles. The second kappa shape index (κ2) is 5.01. The molecule has 2 atom stereocenters. The van der Waals surface area contributed by atoms with Crippen LogP contribution in [0.4, 0.5) is 0 Å². The summed E-state index contributed by atoms with van der Waals surface area (Å²) in [5, 5.41) is 0. The molecule has 17 heavy (non-hydrogen) atoms. The van der Waals surface area contributed by atoms with E-state index in [-0.39, 0.29) is 12.1 Å². The monoisotopic (exact) mass is 231 g/mol. The minimum Gasteiger partial charge on any atom is -0.497 e. The maximum absolute atomic E-state index is 6.23. The molecule has 0 saturated carbocycles. The molecule has 2 aromatic rings. The first-order valence-corrected chi connectivity index (χ1v) is 5.59. The smallest absolute Gasteiger partial charge is 0.118 e. The van der Waals surface area contributed by atoms with Crippen molar-refractivity contribution < 1.29 is 4.74 Å². The first-order chi connectivity index (χ1) is 8.22. The summed E-state index contributed by atoms with van der Waals surface area (Å²) in [6, 6.07) is 7.96. The second-order valence-corrected chi connectivity index (χ2v) is 4.05. The zero-order valence-electron chi connectivity index (χ0n) is 10.1. The highest BCUT2D eigenvalue weighted by Crippen LogP contribution is 2.24. The van der Waals surface area contributed by atoms with Gasteiger partial charge in [-0.05, 0) is 24.6 Å². The Morgan fingerprint density at radius 2 is 2.00 bits per heavy atom. The van der Waals surface area contributed by atoms with Crippen LogP contribution in [0.1, 0.15) is 24.6 Å². The standard InChI is InChI=1S/C13H17N3O/c1-10(16-8-7-15-9-16)13(14)11-3-5-12(17-2)6-4-11/h3-10,13H,14H2,1-2H3. The van der Waals surface area contributed by atoms with Crippen LogP contribution in [0.5, 0.6) is 5.75 Å². The van der Waals surface area contributed by atoms with Crippen LogP contribution in [0, 0.1) is 0 Å². The first kappa shape index (κ1) is 11.7. The molecule has 90 valence electrons. The fourth-order valence-electron chi connectivity index (χ4n) is 1.80. The van der Waals surface area contributed by atoms with Gasteiger partial charge in [-0.25, -0.2) is 4.98 Å². The van der Waals surface area contributed by atoms with Crippen molar-refractivity contribution in [2.75, 3.05) is 7.11 Å². The number of rotatable bonds is 4. The number of hydrogen-bond acceptors (Lipinski definition) is 3. The Hall–Kier alpha value is -1.81. The molecule has 2 unspecified atom stereocenters. The Bertz CT molecular complexity index is 450. The van der Waals surface area contributed by atoms with E-state index in [1.54, 1.807) is 19.6 Å². The van der Waals surface area contributed by atoms with E-state index in [1.807, 2.05) is 35.0 Å². The average Bonchev–Trinajstić information content (AvgIpc) is 2.91. The maximum atomic E-state index is 6.23. The number of ether oxygens (including phenoxy) is 1. The topological polar surface area (TPSA) is 53.1 Å². The van der Waals surface area contributed by atoms with E-state index in [9.17, 15) is 0 Å². The summed E-state index contributed by atoms with van der Waals surface area (Å²) < 4.78 is 7.13. The molecular weight excluding hydrogens is 214 g/mol. The van der Waals surface area contributed by atoms with E-state index < -0.39 is 0 Å². The van der Waals surface area contributed by atoms with Gasteiger partial charge in [0.1, 0.15) is 5.75 Å². The van der Waals surface area contributed by atoms with Gasteiger partial charge in [-0.1, -0.05) is 12.1 Å². The van der Waals surface area contributed by atoms with Crippen LogP contribution < -0.4 is 10.5 Å². The highest BCUT2D eigenvalue weighted by molar-refractivity contribution is 5.29. The maximum Gasteiger partial charge on any atom is 0.118 e. The van der Waals surface area contributed by atoms with Gasteiger partial charge in [-0.15, -0.1) is 0 Å². The third kappa shape index (κ3) is 2.47. The molecule has 0 saturated heterocycles. The lowest BCUT2D eigenvalue weighted by Crippen LogP contribution is -2.21. The van der Waals surface area contributed by atoms with Crippen LogP contribution in [0.2, 0.25) is 0 Å². The van der Waals surface area contributed by atoms with Crippen LogP contribution in [0.15, 0.2) is 43.0 Å². The van der Waals surface area contributed by atoms with E-state index in [1.165, 1.54) is 0 Å². The molecule has 0 fully saturated rings. The molecule has 0 bridgehead atoms. The predicted octanol–water partition coefficient (Wildman–Crippen LogP) is 2.15. The molecule has 0 aliphatic heterocycles. The van der Waals surface area contributed by atoms with Crippen LogP contribution in [0.25, 0.3) is 0 Å². The lowest BCUT2D eigenvalue weighted by Gasteiger charge is -2.21. The van der Waals surface area contributed by atoms with E-state index in [0.717, 1.165) is 11.3 Å². The minimum absolute atomic E-state index is 0.0601. The van der Waals surface area contributed by atoms with Gasteiger partial charge in [0.15, 0.2) is 0 Å². The fraction of sp³-hybridized carbons (Fsp3) is 0.308. The fourth-order valence-corrected chi connectivity index (χ4v) is 1.80.